The highest BCUT2D eigenvalue weighted by Crippen LogP contribution is 2.24. The number of methoxy groups -OCH3 is 1. The number of aryl methyl sites for hydroxylation is 2. The van der Waals surface area contributed by atoms with Gasteiger partial charge in [-0.25, -0.2) is 15.2 Å². The van der Waals surface area contributed by atoms with Gasteiger partial charge in [0.1, 0.15) is 5.75 Å². The first-order valence-corrected chi connectivity index (χ1v) is 10.5. The third-order valence-electron chi connectivity index (χ3n) is 4.97. The lowest BCUT2D eigenvalue weighted by Gasteiger charge is -2.35. The largest absolute Gasteiger partial charge is 0.496 e. The number of hydrazone groups is 1. The van der Waals surface area contributed by atoms with Crippen molar-refractivity contribution in [1.29, 1.82) is 0 Å². The summed E-state index contributed by atoms with van der Waals surface area (Å²) >= 11 is 0. The maximum Gasteiger partial charge on any atom is 0.332 e. The Balaban J connectivity index is 2.51. The van der Waals surface area contributed by atoms with E-state index in [0.717, 1.165) is 16.7 Å². The lowest BCUT2D eigenvalue weighted by Crippen LogP contribution is -2.58. The van der Waals surface area contributed by atoms with Crippen molar-refractivity contribution in [2.45, 2.75) is 46.6 Å². The summed E-state index contributed by atoms with van der Waals surface area (Å²) in [5.41, 5.74) is 12.1. The topological polar surface area (TPSA) is 126 Å². The van der Waals surface area contributed by atoms with Gasteiger partial charge in [0.2, 0.25) is 0 Å². The highest BCUT2D eigenvalue weighted by Gasteiger charge is 2.33. The molecule has 2 rings (SSSR count). The van der Waals surface area contributed by atoms with E-state index in [2.05, 4.69) is 16.0 Å². The first kappa shape index (κ1) is 25.4. The zero-order valence-corrected chi connectivity index (χ0v) is 19.9. The van der Waals surface area contributed by atoms with Crippen molar-refractivity contribution in [3.05, 3.63) is 64.2 Å². The number of hydrogen-bond donors (Lipinski definition) is 3. The molecular formula is C24H31N5O4. The maximum absolute atomic E-state index is 13.6. The molecule has 4 N–H and O–H groups in total. The quantitative estimate of drug-likeness (QED) is 0.440. The number of urea groups is 1. The fourth-order valence-corrected chi connectivity index (χ4v) is 3.49. The predicted molar refractivity (Wildman–Crippen MR) is 127 cm³/mol. The summed E-state index contributed by atoms with van der Waals surface area (Å²) < 4.78 is 5.38. The minimum Gasteiger partial charge on any atom is -0.496 e. The number of hydrogen-bond acceptors (Lipinski definition) is 5. The highest BCUT2D eigenvalue weighted by molar-refractivity contribution is 6.02. The third-order valence-corrected chi connectivity index (χ3v) is 4.97. The lowest BCUT2D eigenvalue weighted by molar-refractivity contribution is 0.0449. The Morgan fingerprint density at radius 3 is 2.33 bits per heavy atom. The summed E-state index contributed by atoms with van der Waals surface area (Å²) in [6.45, 7) is 9.04. The average Bonchev–Trinajstić information content (AvgIpc) is 2.74. The Morgan fingerprint density at radius 2 is 1.79 bits per heavy atom. The van der Waals surface area contributed by atoms with E-state index in [1.54, 1.807) is 44.2 Å². The molecule has 0 unspecified atom stereocenters. The van der Waals surface area contributed by atoms with Crippen molar-refractivity contribution in [2.75, 3.05) is 7.11 Å². The Bertz CT molecular complexity index is 1060. The summed E-state index contributed by atoms with van der Waals surface area (Å²) in [6.07, 6.45) is 1.88. The Hall–Kier alpha value is -3.88. The van der Waals surface area contributed by atoms with E-state index < -0.39 is 23.4 Å². The van der Waals surface area contributed by atoms with Crippen LogP contribution in [0, 0.1) is 13.8 Å². The number of rotatable bonds is 7. The van der Waals surface area contributed by atoms with Crippen LogP contribution < -0.4 is 21.3 Å². The van der Waals surface area contributed by atoms with Crippen LogP contribution in [0.4, 0.5) is 4.79 Å². The Morgan fingerprint density at radius 1 is 1.15 bits per heavy atom. The molecule has 0 saturated carbocycles. The number of amides is 4. The summed E-state index contributed by atoms with van der Waals surface area (Å²) in [5.74, 6) is -0.330. The SMILES string of the molecule is CCc1c(OC)cccc1C(=O)NN(C(=O)c1cc(C)cc(C)c1)C(C)(C)C=NNC(N)=O. The normalized spacial score (nSPS) is 11.2. The molecular weight excluding hydrogens is 422 g/mol. The Kier molecular flexibility index (Phi) is 8.17. The summed E-state index contributed by atoms with van der Waals surface area (Å²) in [4.78, 5) is 37.9. The molecule has 2 aromatic rings. The van der Waals surface area contributed by atoms with E-state index in [9.17, 15) is 14.4 Å². The highest BCUT2D eigenvalue weighted by atomic mass is 16.5. The van der Waals surface area contributed by atoms with Crippen molar-refractivity contribution in [2.24, 2.45) is 10.8 Å². The van der Waals surface area contributed by atoms with Gasteiger partial charge in [-0.1, -0.05) is 30.2 Å². The molecule has 0 aliphatic carbocycles. The number of primary amides is 1. The number of hydrazine groups is 1. The number of ether oxygens (including phenoxy) is 1. The molecule has 0 radical (unpaired) electrons. The molecule has 0 heterocycles. The van der Waals surface area contributed by atoms with Crippen molar-refractivity contribution in [1.82, 2.24) is 15.9 Å². The molecule has 0 bridgehead atoms. The van der Waals surface area contributed by atoms with Gasteiger partial charge in [-0.15, -0.1) is 0 Å². The molecule has 0 atom stereocenters. The van der Waals surface area contributed by atoms with E-state index in [1.165, 1.54) is 18.3 Å². The van der Waals surface area contributed by atoms with Gasteiger partial charge in [0, 0.05) is 16.7 Å². The number of benzene rings is 2. The van der Waals surface area contributed by atoms with Crippen LogP contribution in [-0.4, -0.2) is 41.7 Å². The monoisotopic (exact) mass is 453 g/mol. The second kappa shape index (κ2) is 10.6. The van der Waals surface area contributed by atoms with Crippen LogP contribution in [0.1, 0.15) is 58.2 Å². The minimum atomic E-state index is -1.13. The van der Waals surface area contributed by atoms with E-state index in [1.807, 2.05) is 26.8 Å². The maximum atomic E-state index is 13.6. The Labute approximate surface area is 194 Å². The van der Waals surface area contributed by atoms with Crippen LogP contribution in [0.25, 0.3) is 0 Å². The van der Waals surface area contributed by atoms with Crippen LogP contribution >= 0.6 is 0 Å². The molecule has 0 fully saturated rings. The number of nitrogens with one attached hydrogen (secondary N) is 2. The van der Waals surface area contributed by atoms with Gasteiger partial charge in [-0.05, 0) is 58.4 Å². The third kappa shape index (κ3) is 6.31. The van der Waals surface area contributed by atoms with Crippen molar-refractivity contribution in [3.63, 3.8) is 0 Å². The van der Waals surface area contributed by atoms with Gasteiger partial charge in [0.05, 0.1) is 18.9 Å². The van der Waals surface area contributed by atoms with Crippen LogP contribution in [0.3, 0.4) is 0 Å². The fraction of sp³-hybridized carbons (Fsp3) is 0.333. The second-order valence-corrected chi connectivity index (χ2v) is 8.19. The van der Waals surface area contributed by atoms with E-state index in [4.69, 9.17) is 10.5 Å². The number of nitrogens with two attached hydrogens (primary N) is 1. The number of carbonyl (C=O) groups excluding carboxylic acids is 3. The van der Waals surface area contributed by atoms with Gasteiger partial charge in [-0.2, -0.15) is 5.10 Å². The average molecular weight is 454 g/mol. The standard InChI is InChI=1S/C24H31N5O4/c1-7-18-19(9-8-10-20(18)33-6)21(30)28-29(24(4,5)14-26-27-23(25)32)22(31)17-12-15(2)11-16(3)13-17/h8-14H,7H2,1-6H3,(H,28,30)(H3,25,27,32). The van der Waals surface area contributed by atoms with Gasteiger partial charge < -0.3 is 10.5 Å². The predicted octanol–water partition coefficient (Wildman–Crippen LogP) is 3.09. The molecule has 2 aromatic carbocycles. The lowest BCUT2D eigenvalue weighted by atomic mass is 10.0. The molecule has 0 aliphatic heterocycles. The van der Waals surface area contributed by atoms with Crippen LogP contribution in [0.5, 0.6) is 5.75 Å². The van der Waals surface area contributed by atoms with E-state index >= 15 is 0 Å². The number of nitrogens with zero attached hydrogens (tertiary/aromatic N) is 2. The summed E-state index contributed by atoms with van der Waals surface area (Å²) in [7, 11) is 1.54. The van der Waals surface area contributed by atoms with Gasteiger partial charge in [0.25, 0.3) is 11.8 Å². The van der Waals surface area contributed by atoms with Crippen molar-refractivity contribution in [3.8, 4) is 5.75 Å². The van der Waals surface area contributed by atoms with Gasteiger partial charge in [0.15, 0.2) is 0 Å². The van der Waals surface area contributed by atoms with E-state index in [-0.39, 0.29) is 0 Å². The number of carbonyl (C=O) groups is 3. The van der Waals surface area contributed by atoms with Crippen molar-refractivity contribution < 1.29 is 19.1 Å². The van der Waals surface area contributed by atoms with Crippen LogP contribution in [0.15, 0.2) is 41.5 Å². The molecule has 33 heavy (non-hydrogen) atoms. The minimum absolute atomic E-state index is 0.387. The molecule has 0 spiro atoms. The smallest absolute Gasteiger partial charge is 0.332 e. The van der Waals surface area contributed by atoms with Crippen molar-refractivity contribution >= 4 is 24.1 Å². The van der Waals surface area contributed by atoms with Gasteiger partial charge in [-0.3, -0.25) is 15.0 Å². The summed E-state index contributed by atoms with van der Waals surface area (Å²) in [6, 6.07) is 9.76. The molecule has 0 saturated heterocycles. The van der Waals surface area contributed by atoms with Crippen LogP contribution in [0.2, 0.25) is 0 Å². The first-order valence-electron chi connectivity index (χ1n) is 10.5. The fourth-order valence-electron chi connectivity index (χ4n) is 3.49. The second-order valence-electron chi connectivity index (χ2n) is 8.19. The zero-order chi connectivity index (χ0) is 24.8. The first-order chi connectivity index (χ1) is 15.5. The molecule has 9 nitrogen and oxygen atoms in total. The summed E-state index contributed by atoms with van der Waals surface area (Å²) in [5, 5.41) is 4.99. The molecule has 0 aromatic heterocycles. The van der Waals surface area contributed by atoms with E-state index in [0.29, 0.717) is 23.3 Å². The molecule has 176 valence electrons. The van der Waals surface area contributed by atoms with Crippen LogP contribution in [-0.2, 0) is 6.42 Å². The molecule has 9 heteroatoms. The zero-order valence-electron chi connectivity index (χ0n) is 19.9. The van der Waals surface area contributed by atoms with Gasteiger partial charge >= 0.3 is 6.03 Å². The molecule has 4 amide bonds. The molecule has 0 aliphatic rings.